The van der Waals surface area contributed by atoms with E-state index in [2.05, 4.69) is 5.32 Å². The predicted octanol–water partition coefficient (Wildman–Crippen LogP) is 1.97. The topological polar surface area (TPSA) is 55.4 Å². The summed E-state index contributed by atoms with van der Waals surface area (Å²) < 4.78 is 5.18. The first-order valence-electron chi connectivity index (χ1n) is 6.37. The van der Waals surface area contributed by atoms with Gasteiger partial charge in [-0.3, -0.25) is 9.59 Å². The fraction of sp³-hybridized carbons (Fsp3) is 0.467. The quantitative estimate of drug-likeness (QED) is 0.484. The Balaban J connectivity index is 2.23. The van der Waals surface area contributed by atoms with E-state index in [1.807, 2.05) is 32.9 Å². The molecule has 0 bridgehead atoms. The first kappa shape index (κ1) is 15.4. The zero-order chi connectivity index (χ0) is 14.3. The smallest absolute Gasteiger partial charge is 0.320 e. The third-order valence-electron chi connectivity index (χ3n) is 2.40. The minimum atomic E-state index is -0.441. The fourth-order valence-electron chi connectivity index (χ4n) is 1.56. The predicted molar refractivity (Wildman–Crippen MR) is 74.2 cm³/mol. The lowest BCUT2D eigenvalue weighted by Crippen LogP contribution is -2.32. The molecular formula is C15H21NO3. The highest BCUT2D eigenvalue weighted by atomic mass is 16.6. The molecule has 0 aromatic heterocycles. The van der Waals surface area contributed by atoms with Crippen LogP contribution in [0.3, 0.4) is 0 Å². The van der Waals surface area contributed by atoms with E-state index in [9.17, 15) is 9.59 Å². The normalized spacial score (nSPS) is 11.1. The third kappa shape index (κ3) is 6.72. The van der Waals surface area contributed by atoms with Crippen molar-refractivity contribution in [2.45, 2.75) is 32.8 Å². The second-order valence-corrected chi connectivity index (χ2v) is 5.37. The van der Waals surface area contributed by atoms with Gasteiger partial charge in [0.05, 0.1) is 6.54 Å². The summed E-state index contributed by atoms with van der Waals surface area (Å²) in [4.78, 5) is 21.9. The van der Waals surface area contributed by atoms with E-state index in [0.717, 1.165) is 18.3 Å². The van der Waals surface area contributed by atoms with Gasteiger partial charge in [0.1, 0.15) is 11.9 Å². The van der Waals surface area contributed by atoms with Crippen LogP contribution in [0.25, 0.3) is 0 Å². The highest BCUT2D eigenvalue weighted by Crippen LogP contribution is 2.06. The van der Waals surface area contributed by atoms with Crippen LogP contribution in [0.2, 0.25) is 0 Å². The Labute approximate surface area is 114 Å². The van der Waals surface area contributed by atoms with Crippen LogP contribution in [-0.2, 0) is 16.0 Å². The van der Waals surface area contributed by atoms with Gasteiger partial charge in [0, 0.05) is 5.56 Å². The van der Waals surface area contributed by atoms with Crippen LogP contribution in [0.5, 0.6) is 0 Å². The van der Waals surface area contributed by atoms with Crippen LogP contribution >= 0.6 is 0 Å². The molecule has 4 nitrogen and oxygen atoms in total. The lowest BCUT2D eigenvalue weighted by molar-refractivity contribution is -0.153. The standard InChI is InChI=1S/C15H21NO3/c1-15(2,3)19-14(18)10-16-9-8-12-4-6-13(11-17)7-5-12/h4-7,11,16H,8-10H2,1-3H3. The minimum Gasteiger partial charge on any atom is -0.459 e. The lowest BCUT2D eigenvalue weighted by atomic mass is 10.1. The van der Waals surface area contributed by atoms with Crippen LogP contribution in [0.1, 0.15) is 36.7 Å². The molecule has 1 aromatic carbocycles. The number of ether oxygens (including phenoxy) is 1. The van der Waals surface area contributed by atoms with E-state index in [1.165, 1.54) is 0 Å². The number of carbonyl (C=O) groups excluding carboxylic acids is 2. The molecular weight excluding hydrogens is 242 g/mol. The summed E-state index contributed by atoms with van der Waals surface area (Å²) in [5.74, 6) is -0.246. The summed E-state index contributed by atoms with van der Waals surface area (Å²) in [5.41, 5.74) is 1.36. The van der Waals surface area contributed by atoms with Crippen molar-refractivity contribution in [1.29, 1.82) is 0 Å². The second kappa shape index (κ2) is 7.04. The molecule has 0 saturated carbocycles. The second-order valence-electron chi connectivity index (χ2n) is 5.37. The van der Waals surface area contributed by atoms with Crippen LogP contribution in [0, 0.1) is 0 Å². The van der Waals surface area contributed by atoms with Gasteiger partial charge in [-0.15, -0.1) is 0 Å². The van der Waals surface area contributed by atoms with E-state index < -0.39 is 5.60 Å². The Hall–Kier alpha value is -1.68. The number of benzene rings is 1. The Morgan fingerprint density at radius 2 is 1.89 bits per heavy atom. The number of carbonyl (C=O) groups is 2. The summed E-state index contributed by atoms with van der Waals surface area (Å²) in [6, 6.07) is 7.41. The van der Waals surface area contributed by atoms with Crippen molar-refractivity contribution in [3.8, 4) is 0 Å². The van der Waals surface area contributed by atoms with Gasteiger partial charge in [0.2, 0.25) is 0 Å². The van der Waals surface area contributed by atoms with Gasteiger partial charge in [-0.25, -0.2) is 0 Å². The number of hydrogen-bond donors (Lipinski definition) is 1. The Morgan fingerprint density at radius 1 is 1.26 bits per heavy atom. The van der Waals surface area contributed by atoms with Gasteiger partial charge in [-0.1, -0.05) is 24.3 Å². The molecule has 1 rings (SSSR count). The summed E-state index contributed by atoms with van der Waals surface area (Å²) in [5, 5.41) is 3.04. The summed E-state index contributed by atoms with van der Waals surface area (Å²) >= 11 is 0. The van der Waals surface area contributed by atoms with Gasteiger partial charge < -0.3 is 10.1 Å². The summed E-state index contributed by atoms with van der Waals surface area (Å²) in [6.07, 6.45) is 1.63. The van der Waals surface area contributed by atoms with E-state index in [1.54, 1.807) is 12.1 Å². The molecule has 0 unspecified atom stereocenters. The van der Waals surface area contributed by atoms with E-state index in [-0.39, 0.29) is 12.5 Å². The van der Waals surface area contributed by atoms with Crippen molar-refractivity contribution < 1.29 is 14.3 Å². The highest BCUT2D eigenvalue weighted by molar-refractivity contribution is 5.74. The SMILES string of the molecule is CC(C)(C)OC(=O)CNCCc1ccc(C=O)cc1. The zero-order valence-electron chi connectivity index (χ0n) is 11.7. The molecule has 0 amide bonds. The Morgan fingerprint density at radius 3 is 2.42 bits per heavy atom. The Bertz CT molecular complexity index is 418. The molecule has 0 fully saturated rings. The monoisotopic (exact) mass is 263 g/mol. The largest absolute Gasteiger partial charge is 0.459 e. The first-order valence-corrected chi connectivity index (χ1v) is 6.37. The van der Waals surface area contributed by atoms with E-state index in [4.69, 9.17) is 4.74 Å². The first-order chi connectivity index (χ1) is 8.90. The van der Waals surface area contributed by atoms with Crippen LogP contribution in [0.15, 0.2) is 24.3 Å². The van der Waals surface area contributed by atoms with Crippen molar-refractivity contribution >= 4 is 12.3 Å². The van der Waals surface area contributed by atoms with E-state index in [0.29, 0.717) is 12.1 Å². The lowest BCUT2D eigenvalue weighted by Gasteiger charge is -2.19. The fourth-order valence-corrected chi connectivity index (χ4v) is 1.56. The highest BCUT2D eigenvalue weighted by Gasteiger charge is 2.15. The summed E-state index contributed by atoms with van der Waals surface area (Å²) in [6.45, 7) is 6.45. The van der Waals surface area contributed by atoms with Crippen LogP contribution in [0.4, 0.5) is 0 Å². The van der Waals surface area contributed by atoms with E-state index >= 15 is 0 Å². The number of esters is 1. The average Bonchev–Trinajstić information content (AvgIpc) is 2.33. The molecule has 0 heterocycles. The molecule has 0 saturated heterocycles. The molecule has 0 aliphatic heterocycles. The third-order valence-corrected chi connectivity index (χ3v) is 2.40. The number of rotatable bonds is 6. The maximum Gasteiger partial charge on any atom is 0.320 e. The van der Waals surface area contributed by atoms with Crippen molar-refractivity contribution in [1.82, 2.24) is 5.32 Å². The minimum absolute atomic E-state index is 0.212. The molecule has 1 N–H and O–H groups in total. The van der Waals surface area contributed by atoms with Crippen molar-refractivity contribution in [3.05, 3.63) is 35.4 Å². The summed E-state index contributed by atoms with van der Waals surface area (Å²) in [7, 11) is 0. The van der Waals surface area contributed by atoms with Gasteiger partial charge in [-0.05, 0) is 39.3 Å². The van der Waals surface area contributed by atoms with Crippen molar-refractivity contribution in [2.24, 2.45) is 0 Å². The van der Waals surface area contributed by atoms with Crippen molar-refractivity contribution in [2.75, 3.05) is 13.1 Å². The number of hydrogen-bond acceptors (Lipinski definition) is 4. The molecule has 19 heavy (non-hydrogen) atoms. The Kier molecular flexibility index (Phi) is 5.70. The van der Waals surface area contributed by atoms with Gasteiger partial charge in [0.15, 0.2) is 0 Å². The van der Waals surface area contributed by atoms with Gasteiger partial charge >= 0.3 is 5.97 Å². The van der Waals surface area contributed by atoms with Crippen LogP contribution in [-0.4, -0.2) is 30.9 Å². The number of aldehydes is 1. The molecule has 4 heteroatoms. The average molecular weight is 263 g/mol. The zero-order valence-corrected chi connectivity index (χ0v) is 11.7. The maximum atomic E-state index is 11.4. The van der Waals surface area contributed by atoms with Gasteiger partial charge in [0.25, 0.3) is 0 Å². The molecule has 0 aliphatic carbocycles. The molecule has 0 spiro atoms. The molecule has 0 aliphatic rings. The van der Waals surface area contributed by atoms with Gasteiger partial charge in [-0.2, -0.15) is 0 Å². The molecule has 1 aromatic rings. The maximum absolute atomic E-state index is 11.4. The molecule has 0 radical (unpaired) electrons. The molecule has 104 valence electrons. The molecule has 0 atom stereocenters. The van der Waals surface area contributed by atoms with Crippen molar-refractivity contribution in [3.63, 3.8) is 0 Å². The van der Waals surface area contributed by atoms with Crippen LogP contribution < -0.4 is 5.32 Å². The number of nitrogens with one attached hydrogen (secondary N) is 1.